The SMILES string of the molecule is CC1CSC(c2cccnc2)N1.O=CN1CCN(CCCOc2c(-c3ccccc3)oc3ccc(Cl)cc3c2=O)CC1. The summed E-state index contributed by atoms with van der Waals surface area (Å²) in [5.74, 6) is 1.83. The van der Waals surface area contributed by atoms with Crippen LogP contribution in [0.25, 0.3) is 22.3 Å². The summed E-state index contributed by atoms with van der Waals surface area (Å²) in [5.41, 5.74) is 2.32. The van der Waals surface area contributed by atoms with E-state index in [1.54, 1.807) is 23.1 Å². The van der Waals surface area contributed by atoms with E-state index in [0.29, 0.717) is 39.8 Å². The van der Waals surface area contributed by atoms with Crippen LogP contribution in [-0.2, 0) is 4.79 Å². The Kier molecular flexibility index (Phi) is 10.5. The smallest absolute Gasteiger partial charge is 0.235 e. The van der Waals surface area contributed by atoms with E-state index >= 15 is 0 Å². The summed E-state index contributed by atoms with van der Waals surface area (Å²) in [6, 6.07) is 19.2. The van der Waals surface area contributed by atoms with Gasteiger partial charge >= 0.3 is 0 Å². The number of ether oxygens (including phenoxy) is 1. The fourth-order valence-corrected chi connectivity index (χ4v) is 6.34. The number of aromatic nitrogens is 1. The van der Waals surface area contributed by atoms with Crippen molar-refractivity contribution >= 4 is 40.7 Å². The molecule has 10 heteroatoms. The molecule has 0 radical (unpaired) electrons. The van der Waals surface area contributed by atoms with E-state index in [-0.39, 0.29) is 11.2 Å². The van der Waals surface area contributed by atoms with Crippen LogP contribution in [-0.4, -0.2) is 72.3 Å². The molecule has 4 aromatic rings. The van der Waals surface area contributed by atoms with Gasteiger partial charge in [0.25, 0.3) is 0 Å². The van der Waals surface area contributed by atoms with Crippen molar-refractivity contribution in [2.45, 2.75) is 24.8 Å². The molecule has 8 nitrogen and oxygen atoms in total. The summed E-state index contributed by atoms with van der Waals surface area (Å²) in [6.07, 6.45) is 5.41. The van der Waals surface area contributed by atoms with Crippen molar-refractivity contribution in [1.82, 2.24) is 20.1 Å². The van der Waals surface area contributed by atoms with Gasteiger partial charge in [0.2, 0.25) is 17.6 Å². The van der Waals surface area contributed by atoms with Gasteiger partial charge < -0.3 is 14.1 Å². The minimum atomic E-state index is -0.225. The number of pyridine rings is 1. The van der Waals surface area contributed by atoms with E-state index in [1.165, 1.54) is 11.3 Å². The van der Waals surface area contributed by atoms with E-state index in [9.17, 15) is 9.59 Å². The van der Waals surface area contributed by atoms with E-state index in [4.69, 9.17) is 20.8 Å². The molecule has 220 valence electrons. The lowest BCUT2D eigenvalue weighted by Crippen LogP contribution is -2.46. The molecule has 6 rings (SSSR count). The van der Waals surface area contributed by atoms with Gasteiger partial charge in [0.15, 0.2) is 5.76 Å². The number of benzene rings is 2. The highest BCUT2D eigenvalue weighted by atomic mass is 35.5. The first-order valence-corrected chi connectivity index (χ1v) is 15.6. The number of rotatable bonds is 8. The number of nitrogens with one attached hydrogen (secondary N) is 1. The maximum atomic E-state index is 13.1. The second kappa shape index (κ2) is 14.7. The van der Waals surface area contributed by atoms with Crippen LogP contribution in [0.4, 0.5) is 0 Å². The molecule has 1 N–H and O–H groups in total. The third-order valence-electron chi connectivity index (χ3n) is 7.20. The lowest BCUT2D eigenvalue weighted by molar-refractivity contribution is -0.119. The molecule has 4 heterocycles. The van der Waals surface area contributed by atoms with Crippen LogP contribution in [0.3, 0.4) is 0 Å². The van der Waals surface area contributed by atoms with E-state index in [0.717, 1.165) is 51.1 Å². The summed E-state index contributed by atoms with van der Waals surface area (Å²) >= 11 is 8.03. The quantitative estimate of drug-likeness (QED) is 0.209. The zero-order chi connectivity index (χ0) is 29.3. The molecule has 2 aromatic carbocycles. The topological polar surface area (TPSA) is 87.9 Å². The fraction of sp³-hybridized carbons (Fsp3) is 0.344. The predicted molar refractivity (Wildman–Crippen MR) is 169 cm³/mol. The molecule has 42 heavy (non-hydrogen) atoms. The number of nitrogens with zero attached hydrogens (tertiary/aromatic N) is 3. The van der Waals surface area contributed by atoms with Crippen LogP contribution in [0.5, 0.6) is 5.75 Å². The second-order valence-corrected chi connectivity index (χ2v) is 11.9. The van der Waals surface area contributed by atoms with Gasteiger partial charge in [-0.1, -0.05) is 48.0 Å². The Balaban J connectivity index is 0.000000244. The number of hydrogen-bond donors (Lipinski definition) is 1. The molecule has 0 saturated carbocycles. The number of thioether (sulfide) groups is 1. The number of halogens is 1. The van der Waals surface area contributed by atoms with Gasteiger partial charge in [-0.25, -0.2) is 0 Å². The second-order valence-electron chi connectivity index (χ2n) is 10.3. The predicted octanol–water partition coefficient (Wildman–Crippen LogP) is 5.46. The number of amides is 1. The molecule has 2 saturated heterocycles. The van der Waals surface area contributed by atoms with Gasteiger partial charge in [-0.2, -0.15) is 0 Å². The zero-order valence-electron chi connectivity index (χ0n) is 23.6. The molecule has 2 aliphatic rings. The van der Waals surface area contributed by atoms with Crippen molar-refractivity contribution in [3.63, 3.8) is 0 Å². The van der Waals surface area contributed by atoms with Gasteiger partial charge in [0, 0.05) is 67.5 Å². The highest BCUT2D eigenvalue weighted by Gasteiger charge is 2.22. The van der Waals surface area contributed by atoms with Crippen molar-refractivity contribution in [2.75, 3.05) is 45.1 Å². The standard InChI is InChI=1S/C23H23ClN2O4.C9H12N2S/c24-18-7-8-20-19(15-18)21(28)23(22(30-20)17-5-2-1-3-6-17)29-14-4-9-25-10-12-26(16-27)13-11-25;1-7-6-12-9(11-7)8-3-2-4-10-5-8/h1-3,5-8,15-16H,4,9-14H2;2-5,7,9,11H,6H2,1H3. The average Bonchev–Trinajstić information content (AvgIpc) is 3.48. The van der Waals surface area contributed by atoms with Crippen LogP contribution in [0.15, 0.2) is 82.3 Å². The lowest BCUT2D eigenvalue weighted by Gasteiger charge is -2.32. The summed E-state index contributed by atoms with van der Waals surface area (Å²) in [4.78, 5) is 32.1. The number of piperazine rings is 1. The minimum Gasteiger partial charge on any atom is -0.486 e. The maximum absolute atomic E-state index is 13.1. The number of carbonyl (C=O) groups is 1. The Morgan fingerprint density at radius 2 is 1.93 bits per heavy atom. The monoisotopic (exact) mass is 606 g/mol. The van der Waals surface area contributed by atoms with Gasteiger partial charge in [-0.3, -0.25) is 24.8 Å². The normalized spacial score (nSPS) is 18.9. The molecule has 0 bridgehead atoms. The first kappa shape index (κ1) is 30.1. The third-order valence-corrected chi connectivity index (χ3v) is 8.87. The van der Waals surface area contributed by atoms with Crippen molar-refractivity contribution in [1.29, 1.82) is 0 Å². The Morgan fingerprint density at radius 3 is 2.62 bits per heavy atom. The molecular weight excluding hydrogens is 572 g/mol. The van der Waals surface area contributed by atoms with Gasteiger partial charge in [-0.05, 0) is 43.2 Å². The Labute approximate surface area is 255 Å². The molecule has 1 amide bonds. The van der Waals surface area contributed by atoms with Gasteiger partial charge in [0.1, 0.15) is 5.58 Å². The minimum absolute atomic E-state index is 0.210. The number of fused-ring (bicyclic) bond motifs is 1. The first-order chi connectivity index (χ1) is 20.5. The van der Waals surface area contributed by atoms with Crippen molar-refractivity contribution in [3.8, 4) is 17.1 Å². The largest absolute Gasteiger partial charge is 0.486 e. The number of carbonyl (C=O) groups excluding carboxylic acids is 1. The highest BCUT2D eigenvalue weighted by Crippen LogP contribution is 2.32. The molecule has 0 aliphatic carbocycles. The molecular formula is C32H35ClN4O4S. The number of hydrogen-bond acceptors (Lipinski definition) is 8. The van der Waals surface area contributed by atoms with Gasteiger partial charge in [-0.15, -0.1) is 11.8 Å². The molecule has 2 aliphatic heterocycles. The average molecular weight is 607 g/mol. The van der Waals surface area contributed by atoms with Crippen LogP contribution in [0.2, 0.25) is 5.02 Å². The van der Waals surface area contributed by atoms with Crippen molar-refractivity contribution in [3.05, 3.63) is 93.9 Å². The molecule has 2 unspecified atom stereocenters. The summed E-state index contributed by atoms with van der Waals surface area (Å²) in [6.45, 7) is 6.65. The summed E-state index contributed by atoms with van der Waals surface area (Å²) in [7, 11) is 0. The van der Waals surface area contributed by atoms with Gasteiger partial charge in [0.05, 0.1) is 17.4 Å². The zero-order valence-corrected chi connectivity index (χ0v) is 25.2. The summed E-state index contributed by atoms with van der Waals surface area (Å²) in [5, 5.41) is 4.83. The molecule has 0 spiro atoms. The Morgan fingerprint density at radius 1 is 1.12 bits per heavy atom. The van der Waals surface area contributed by atoms with Crippen LogP contribution in [0.1, 0.15) is 24.3 Å². The van der Waals surface area contributed by atoms with Crippen LogP contribution < -0.4 is 15.5 Å². The fourth-order valence-electron chi connectivity index (χ4n) is 4.93. The Bertz CT molecular complexity index is 1510. The third kappa shape index (κ3) is 7.72. The maximum Gasteiger partial charge on any atom is 0.235 e. The molecule has 2 aromatic heterocycles. The first-order valence-electron chi connectivity index (χ1n) is 14.2. The highest BCUT2D eigenvalue weighted by molar-refractivity contribution is 7.99. The Hall–Kier alpha value is -3.37. The van der Waals surface area contributed by atoms with E-state index in [1.807, 2.05) is 60.6 Å². The molecule has 2 fully saturated rings. The van der Waals surface area contributed by atoms with Crippen LogP contribution in [0, 0.1) is 0 Å². The van der Waals surface area contributed by atoms with Crippen molar-refractivity contribution < 1.29 is 13.9 Å². The van der Waals surface area contributed by atoms with E-state index < -0.39 is 0 Å². The van der Waals surface area contributed by atoms with Crippen LogP contribution >= 0.6 is 23.4 Å². The van der Waals surface area contributed by atoms with E-state index in [2.05, 4.69) is 28.2 Å². The summed E-state index contributed by atoms with van der Waals surface area (Å²) < 4.78 is 12.0. The van der Waals surface area contributed by atoms with Crippen molar-refractivity contribution in [2.24, 2.45) is 0 Å². The molecule has 2 atom stereocenters. The lowest BCUT2D eigenvalue weighted by atomic mass is 10.1.